The third-order valence-corrected chi connectivity index (χ3v) is 4.24. The van der Waals surface area contributed by atoms with Crippen molar-refractivity contribution in [3.05, 3.63) is 0 Å². The summed E-state index contributed by atoms with van der Waals surface area (Å²) in [5, 5.41) is 0. The minimum Gasteiger partial charge on any atom is -0.342 e. The normalized spacial score (nSPS) is 28.6. The Balaban J connectivity index is 1.82. The average molecular weight is 260 g/mol. The number of carbonyl (C=O) groups excluding carboxylic acids is 1. The van der Waals surface area contributed by atoms with Crippen molar-refractivity contribution in [1.29, 1.82) is 0 Å². The van der Waals surface area contributed by atoms with Crippen molar-refractivity contribution in [3.63, 3.8) is 0 Å². The third-order valence-electron chi connectivity index (χ3n) is 4.24. The van der Waals surface area contributed by atoms with Crippen LogP contribution >= 0.6 is 0 Å². The second-order valence-electron chi connectivity index (χ2n) is 5.65. The Hall–Kier alpha value is -0.710. The van der Waals surface area contributed by atoms with Crippen LogP contribution in [0.2, 0.25) is 0 Å². The molecule has 2 aliphatic rings. The predicted octanol–water partition coefficient (Wildman–Crippen LogP) is 2.01. The van der Waals surface area contributed by atoms with Crippen LogP contribution in [0.5, 0.6) is 0 Å². The smallest absolute Gasteiger partial charge is 0.248 e. The second kappa shape index (κ2) is 5.51. The highest BCUT2D eigenvalue weighted by Crippen LogP contribution is 2.37. The van der Waals surface area contributed by atoms with Crippen LogP contribution in [0.1, 0.15) is 38.5 Å². The molecule has 2 N–H and O–H groups in total. The third kappa shape index (κ3) is 3.19. The van der Waals surface area contributed by atoms with E-state index in [0.29, 0.717) is 25.3 Å². The second-order valence-corrected chi connectivity index (χ2v) is 5.65. The number of hydrogen-bond acceptors (Lipinski definition) is 2. The minimum atomic E-state index is -2.55. The number of rotatable bonds is 3. The zero-order valence-electron chi connectivity index (χ0n) is 10.7. The molecule has 1 saturated carbocycles. The number of nitrogens with zero attached hydrogens (tertiary/aromatic N) is 1. The van der Waals surface area contributed by atoms with Gasteiger partial charge in [-0.25, -0.2) is 8.78 Å². The lowest BCUT2D eigenvalue weighted by molar-refractivity contribution is -0.138. The van der Waals surface area contributed by atoms with Gasteiger partial charge in [0.25, 0.3) is 0 Å². The van der Waals surface area contributed by atoms with Crippen molar-refractivity contribution in [2.75, 3.05) is 19.6 Å². The quantitative estimate of drug-likeness (QED) is 0.843. The summed E-state index contributed by atoms with van der Waals surface area (Å²) in [7, 11) is 0. The summed E-state index contributed by atoms with van der Waals surface area (Å²) in [6, 6.07) is 0. The maximum atomic E-state index is 13.0. The summed E-state index contributed by atoms with van der Waals surface area (Å²) in [4.78, 5) is 14.1. The van der Waals surface area contributed by atoms with Crippen molar-refractivity contribution in [3.8, 4) is 0 Å². The van der Waals surface area contributed by atoms with Gasteiger partial charge in [0.05, 0.1) is 0 Å². The highest BCUT2D eigenvalue weighted by molar-refractivity contribution is 5.79. The minimum absolute atomic E-state index is 0.0880. The lowest BCUT2D eigenvalue weighted by atomic mass is 9.86. The molecule has 2 rings (SSSR count). The van der Waals surface area contributed by atoms with Crippen molar-refractivity contribution in [2.45, 2.75) is 44.4 Å². The molecule has 0 bridgehead atoms. The van der Waals surface area contributed by atoms with E-state index in [9.17, 15) is 13.6 Å². The zero-order valence-corrected chi connectivity index (χ0v) is 10.7. The van der Waals surface area contributed by atoms with Crippen molar-refractivity contribution < 1.29 is 13.6 Å². The lowest BCUT2D eigenvalue weighted by Crippen LogP contribution is -2.38. The van der Waals surface area contributed by atoms with Crippen LogP contribution in [0.25, 0.3) is 0 Å². The molecule has 1 amide bonds. The fourth-order valence-electron chi connectivity index (χ4n) is 3.05. The molecule has 1 aliphatic carbocycles. The van der Waals surface area contributed by atoms with Gasteiger partial charge in [-0.3, -0.25) is 4.79 Å². The van der Waals surface area contributed by atoms with E-state index in [4.69, 9.17) is 5.73 Å². The number of hydrogen-bond donors (Lipinski definition) is 1. The van der Waals surface area contributed by atoms with Crippen molar-refractivity contribution >= 4 is 5.91 Å². The van der Waals surface area contributed by atoms with Crippen LogP contribution in [-0.4, -0.2) is 36.4 Å². The van der Waals surface area contributed by atoms with Crippen LogP contribution in [0.3, 0.4) is 0 Å². The number of alkyl halides is 2. The Labute approximate surface area is 107 Å². The maximum absolute atomic E-state index is 13.0. The number of halogens is 2. The van der Waals surface area contributed by atoms with Crippen LogP contribution < -0.4 is 5.73 Å². The molecule has 0 spiro atoms. The molecule has 0 aromatic carbocycles. The molecule has 18 heavy (non-hydrogen) atoms. The van der Waals surface area contributed by atoms with Gasteiger partial charge in [0, 0.05) is 31.8 Å². The molecule has 0 aromatic rings. The van der Waals surface area contributed by atoms with Gasteiger partial charge in [0.15, 0.2) is 0 Å². The van der Waals surface area contributed by atoms with E-state index in [-0.39, 0.29) is 24.7 Å². The number of carbonyl (C=O) groups is 1. The Kier molecular flexibility index (Phi) is 4.20. The molecule has 1 heterocycles. The number of nitrogens with two attached hydrogens (primary N) is 1. The fourth-order valence-corrected chi connectivity index (χ4v) is 3.05. The highest BCUT2D eigenvalue weighted by Gasteiger charge is 2.39. The van der Waals surface area contributed by atoms with Gasteiger partial charge in [-0.2, -0.15) is 0 Å². The number of amides is 1. The first kappa shape index (κ1) is 13.7. The fraction of sp³-hybridized carbons (Fsp3) is 0.923. The Morgan fingerprint density at radius 1 is 1.28 bits per heavy atom. The van der Waals surface area contributed by atoms with Gasteiger partial charge >= 0.3 is 0 Å². The first-order chi connectivity index (χ1) is 8.52. The summed E-state index contributed by atoms with van der Waals surface area (Å²) >= 11 is 0. The molecule has 0 radical (unpaired) electrons. The summed E-state index contributed by atoms with van der Waals surface area (Å²) in [6.07, 6.45) is 2.36. The Morgan fingerprint density at radius 3 is 2.56 bits per heavy atom. The first-order valence-corrected chi connectivity index (χ1v) is 6.88. The molecule has 1 aliphatic heterocycles. The van der Waals surface area contributed by atoms with E-state index in [0.717, 1.165) is 25.9 Å². The average Bonchev–Trinajstić information content (AvgIpc) is 2.77. The Bertz CT molecular complexity index is 299. The molecule has 2 fully saturated rings. The summed E-state index contributed by atoms with van der Waals surface area (Å²) in [5.74, 6) is -2.14. The molecule has 1 atom stereocenters. The lowest BCUT2D eigenvalue weighted by Gasteiger charge is -2.30. The standard InChI is InChI=1S/C13H22F2N2O/c14-13(15)5-1-11(2-6-13)12(18)17-8-4-10(9-17)3-7-16/h10-11H,1-9,16H2. The van der Waals surface area contributed by atoms with E-state index >= 15 is 0 Å². The van der Waals surface area contributed by atoms with E-state index in [1.54, 1.807) is 0 Å². The molecule has 5 heteroatoms. The number of likely N-dealkylation sites (tertiary alicyclic amines) is 1. The molecular formula is C13H22F2N2O. The molecule has 1 saturated heterocycles. The first-order valence-electron chi connectivity index (χ1n) is 6.88. The van der Waals surface area contributed by atoms with E-state index in [2.05, 4.69) is 0 Å². The van der Waals surface area contributed by atoms with Gasteiger partial charge in [0.1, 0.15) is 0 Å². The molecule has 104 valence electrons. The Morgan fingerprint density at radius 2 is 1.94 bits per heavy atom. The van der Waals surface area contributed by atoms with E-state index in [1.165, 1.54) is 0 Å². The van der Waals surface area contributed by atoms with Gasteiger partial charge in [-0.05, 0) is 38.1 Å². The van der Waals surface area contributed by atoms with Crippen LogP contribution in [0.4, 0.5) is 8.78 Å². The van der Waals surface area contributed by atoms with Crippen LogP contribution in [-0.2, 0) is 4.79 Å². The van der Waals surface area contributed by atoms with Crippen LogP contribution in [0.15, 0.2) is 0 Å². The maximum Gasteiger partial charge on any atom is 0.248 e. The zero-order chi connectivity index (χ0) is 13.2. The molecule has 0 aromatic heterocycles. The monoisotopic (exact) mass is 260 g/mol. The van der Waals surface area contributed by atoms with Crippen molar-refractivity contribution in [1.82, 2.24) is 4.90 Å². The summed E-state index contributed by atoms with van der Waals surface area (Å²) < 4.78 is 26.1. The van der Waals surface area contributed by atoms with E-state index < -0.39 is 5.92 Å². The topological polar surface area (TPSA) is 46.3 Å². The highest BCUT2D eigenvalue weighted by atomic mass is 19.3. The van der Waals surface area contributed by atoms with Gasteiger partial charge < -0.3 is 10.6 Å². The SMILES string of the molecule is NCCC1CCN(C(=O)C2CCC(F)(F)CC2)C1. The van der Waals surface area contributed by atoms with Crippen molar-refractivity contribution in [2.24, 2.45) is 17.6 Å². The van der Waals surface area contributed by atoms with Gasteiger partial charge in [0.2, 0.25) is 11.8 Å². The summed E-state index contributed by atoms with van der Waals surface area (Å²) in [6.45, 7) is 2.20. The molecule has 1 unspecified atom stereocenters. The van der Waals surface area contributed by atoms with E-state index in [1.807, 2.05) is 4.90 Å². The molecule has 3 nitrogen and oxygen atoms in total. The van der Waals surface area contributed by atoms with Gasteiger partial charge in [-0.15, -0.1) is 0 Å². The predicted molar refractivity (Wildman–Crippen MR) is 65.3 cm³/mol. The van der Waals surface area contributed by atoms with Crippen LogP contribution in [0, 0.1) is 11.8 Å². The molecular weight excluding hydrogens is 238 g/mol. The summed E-state index contributed by atoms with van der Waals surface area (Å²) in [5.41, 5.74) is 5.52. The van der Waals surface area contributed by atoms with Gasteiger partial charge in [-0.1, -0.05) is 0 Å². The largest absolute Gasteiger partial charge is 0.342 e.